The van der Waals surface area contributed by atoms with Gasteiger partial charge in [-0.05, 0) is 175 Å². The van der Waals surface area contributed by atoms with Crippen LogP contribution < -0.4 is 9.80 Å². The van der Waals surface area contributed by atoms with E-state index in [2.05, 4.69) is 284 Å². The minimum absolute atomic E-state index is 1.09. The summed E-state index contributed by atoms with van der Waals surface area (Å²) in [6.07, 6.45) is 0. The summed E-state index contributed by atoms with van der Waals surface area (Å²) >= 11 is 3.61. The third kappa shape index (κ3) is 6.75. The molecule has 0 aliphatic carbocycles. The summed E-state index contributed by atoms with van der Waals surface area (Å²) in [6, 6.07) is 94.2. The highest BCUT2D eigenvalue weighted by atomic mass is 32.1. The van der Waals surface area contributed by atoms with Crippen molar-refractivity contribution in [3.63, 3.8) is 0 Å². The van der Waals surface area contributed by atoms with Crippen molar-refractivity contribution in [2.24, 2.45) is 0 Å². The van der Waals surface area contributed by atoms with Crippen molar-refractivity contribution in [3.8, 4) is 11.4 Å². The first-order chi connectivity index (χ1) is 37.7. The van der Waals surface area contributed by atoms with E-state index in [9.17, 15) is 0 Å². The van der Waals surface area contributed by atoms with E-state index in [0.717, 1.165) is 45.5 Å². The number of benzene rings is 12. The van der Waals surface area contributed by atoms with Crippen molar-refractivity contribution in [2.75, 3.05) is 9.80 Å². The molecule has 0 aliphatic heterocycles. The fourth-order valence-corrected chi connectivity index (χ4v) is 13.6. The highest BCUT2D eigenvalue weighted by molar-refractivity contribution is 7.17. The molecule has 0 bridgehead atoms. The van der Waals surface area contributed by atoms with E-state index >= 15 is 0 Å². The van der Waals surface area contributed by atoms with Crippen LogP contribution in [0, 0.1) is 0 Å². The lowest BCUT2D eigenvalue weighted by molar-refractivity contribution is 1.17. The van der Waals surface area contributed by atoms with Gasteiger partial charge in [0.05, 0.1) is 33.4 Å². The van der Waals surface area contributed by atoms with Crippen molar-refractivity contribution in [3.05, 3.63) is 266 Å². The molecule has 12 aromatic carbocycles. The Morgan fingerprint density at radius 2 is 0.645 bits per heavy atom. The van der Waals surface area contributed by atoms with E-state index in [1.54, 1.807) is 22.7 Å². The van der Waals surface area contributed by atoms with E-state index in [-0.39, 0.29) is 0 Å². The average molecular weight is 1010 g/mol. The van der Waals surface area contributed by atoms with Crippen LogP contribution in [0.3, 0.4) is 0 Å². The molecule has 0 unspecified atom stereocenters. The van der Waals surface area contributed by atoms with Gasteiger partial charge in [-0.25, -0.2) is 0 Å². The standard InChI is InChI=1S/C70H44N4S2/c1-3-15-49-39-57(25-23-45(49)11-1)71(63-21-9-17-47-13-5-7-19-59(47)63)53-27-31-55(32-28-53)73-65-41-51-35-37-75-67(51)43-61(65)70-69(73)62-44-68-52(36-38-76-68)42-66(62)74(70)56-33-29-54(30-34-56)72(58-26-24-46-12-2-4-16-50(46)40-58)64-22-10-18-48-14-6-8-20-60(48)64/h1-44H. The van der Waals surface area contributed by atoms with Crippen LogP contribution in [0.15, 0.2) is 266 Å². The number of thiophene rings is 2. The number of hydrogen-bond acceptors (Lipinski definition) is 4. The first-order valence-corrected chi connectivity index (χ1v) is 27.5. The van der Waals surface area contributed by atoms with E-state index in [0.29, 0.717) is 0 Å². The maximum atomic E-state index is 2.53. The van der Waals surface area contributed by atoms with Gasteiger partial charge in [0, 0.05) is 65.1 Å². The van der Waals surface area contributed by atoms with Gasteiger partial charge in [-0.2, -0.15) is 0 Å². The quantitative estimate of drug-likeness (QED) is 0.151. The number of rotatable bonds is 8. The lowest BCUT2D eigenvalue weighted by Crippen LogP contribution is -2.10. The molecule has 0 saturated carbocycles. The van der Waals surface area contributed by atoms with Gasteiger partial charge < -0.3 is 18.9 Å². The molecular formula is C70H44N4S2. The normalized spacial score (nSPS) is 11.9. The van der Waals surface area contributed by atoms with E-state index in [4.69, 9.17) is 0 Å². The second-order valence-electron chi connectivity index (χ2n) is 19.8. The first-order valence-electron chi connectivity index (χ1n) is 25.8. The van der Waals surface area contributed by atoms with Crippen LogP contribution in [0.4, 0.5) is 34.1 Å². The molecule has 0 saturated heterocycles. The van der Waals surface area contributed by atoms with Gasteiger partial charge in [-0.3, -0.25) is 0 Å². The van der Waals surface area contributed by atoms with Gasteiger partial charge in [0.2, 0.25) is 0 Å². The molecule has 16 aromatic rings. The molecule has 16 rings (SSSR count). The fraction of sp³-hybridized carbons (Fsp3) is 0. The van der Waals surface area contributed by atoms with Crippen molar-refractivity contribution < 1.29 is 0 Å². The zero-order valence-electron chi connectivity index (χ0n) is 41.0. The summed E-state index contributed by atoms with van der Waals surface area (Å²) in [5.41, 5.74) is 13.7. The lowest BCUT2D eigenvalue weighted by Gasteiger charge is -2.27. The predicted octanol–water partition coefficient (Wildman–Crippen LogP) is 20.7. The fourth-order valence-electron chi connectivity index (χ4n) is 12.0. The van der Waals surface area contributed by atoms with Gasteiger partial charge in [0.25, 0.3) is 0 Å². The van der Waals surface area contributed by atoms with Crippen LogP contribution >= 0.6 is 22.7 Å². The first kappa shape index (κ1) is 43.0. The molecule has 6 heteroatoms. The highest BCUT2D eigenvalue weighted by Gasteiger charge is 2.25. The minimum atomic E-state index is 1.09. The summed E-state index contributed by atoms with van der Waals surface area (Å²) in [7, 11) is 0. The van der Waals surface area contributed by atoms with Crippen molar-refractivity contribution in [1.29, 1.82) is 0 Å². The third-order valence-corrected chi connectivity index (χ3v) is 17.3. The van der Waals surface area contributed by atoms with Gasteiger partial charge in [0.1, 0.15) is 0 Å². The number of anilines is 6. The molecule has 0 fully saturated rings. The zero-order chi connectivity index (χ0) is 49.8. The molecule has 0 spiro atoms. The van der Waals surface area contributed by atoms with Crippen molar-refractivity contribution >= 4 is 153 Å². The lowest BCUT2D eigenvalue weighted by atomic mass is 10.0. The van der Waals surface area contributed by atoms with Crippen LogP contribution in [-0.4, -0.2) is 9.13 Å². The second-order valence-corrected chi connectivity index (χ2v) is 21.7. The second kappa shape index (κ2) is 17.0. The zero-order valence-corrected chi connectivity index (χ0v) is 42.6. The Balaban J connectivity index is 0.905. The Bertz CT molecular complexity index is 4630. The Morgan fingerprint density at radius 1 is 0.263 bits per heavy atom. The van der Waals surface area contributed by atoms with Crippen LogP contribution in [0.25, 0.3) is 107 Å². The molecule has 4 nitrogen and oxygen atoms in total. The predicted molar refractivity (Wildman–Crippen MR) is 328 cm³/mol. The highest BCUT2D eigenvalue weighted by Crippen LogP contribution is 2.47. The largest absolute Gasteiger partial charge is 0.310 e. The maximum Gasteiger partial charge on any atom is 0.0804 e. The van der Waals surface area contributed by atoms with Gasteiger partial charge >= 0.3 is 0 Å². The molecule has 0 radical (unpaired) electrons. The molecule has 4 heterocycles. The van der Waals surface area contributed by atoms with Crippen LogP contribution in [0.5, 0.6) is 0 Å². The van der Waals surface area contributed by atoms with Crippen LogP contribution in [0.2, 0.25) is 0 Å². The smallest absolute Gasteiger partial charge is 0.0804 e. The summed E-state index contributed by atoms with van der Waals surface area (Å²) in [4.78, 5) is 4.84. The van der Waals surface area contributed by atoms with Crippen LogP contribution in [-0.2, 0) is 0 Å². The van der Waals surface area contributed by atoms with Gasteiger partial charge in [-0.1, -0.05) is 133 Å². The summed E-state index contributed by atoms with van der Waals surface area (Å²) in [6.45, 7) is 0. The van der Waals surface area contributed by atoms with E-state index in [1.165, 1.54) is 96.1 Å². The molecule has 356 valence electrons. The molecule has 0 amide bonds. The number of hydrogen-bond donors (Lipinski definition) is 0. The maximum absolute atomic E-state index is 2.53. The molecule has 0 N–H and O–H groups in total. The topological polar surface area (TPSA) is 16.3 Å². The van der Waals surface area contributed by atoms with Gasteiger partial charge in [0.15, 0.2) is 0 Å². The molecule has 76 heavy (non-hydrogen) atoms. The Kier molecular flexibility index (Phi) is 9.64. The summed E-state index contributed by atoms with van der Waals surface area (Å²) in [5, 5.41) is 19.1. The molecule has 4 aromatic heterocycles. The van der Waals surface area contributed by atoms with Gasteiger partial charge in [-0.15, -0.1) is 22.7 Å². The molecule has 0 atom stereocenters. The summed E-state index contributed by atoms with van der Waals surface area (Å²) in [5.74, 6) is 0. The minimum Gasteiger partial charge on any atom is -0.310 e. The Labute approximate surface area is 446 Å². The van der Waals surface area contributed by atoms with Crippen molar-refractivity contribution in [1.82, 2.24) is 9.13 Å². The monoisotopic (exact) mass is 1000 g/mol. The molecular weight excluding hydrogens is 961 g/mol. The average Bonchev–Trinajstić information content (AvgIpc) is 4.28. The number of nitrogens with zero attached hydrogens (tertiary/aromatic N) is 4. The number of aromatic nitrogens is 2. The van der Waals surface area contributed by atoms with E-state index in [1.807, 2.05) is 0 Å². The van der Waals surface area contributed by atoms with Crippen LogP contribution in [0.1, 0.15) is 0 Å². The molecule has 0 aliphatic rings. The Hall–Kier alpha value is -9.46. The summed E-state index contributed by atoms with van der Waals surface area (Å²) < 4.78 is 7.60. The van der Waals surface area contributed by atoms with E-state index < -0.39 is 0 Å². The number of fused-ring (bicyclic) bond motifs is 11. The third-order valence-electron chi connectivity index (χ3n) is 15.5. The SMILES string of the molecule is c1ccc2cc(N(c3ccc(-n4c5cc6ccsc6cc5c5c4c4cc6sccc6cc4n5-c4ccc(N(c5ccc6ccccc6c5)c5cccc6ccccc56)cc4)cc3)c3cccc4ccccc34)ccc2c1. The Morgan fingerprint density at radius 3 is 1.09 bits per heavy atom. The van der Waals surface area contributed by atoms with Crippen molar-refractivity contribution in [2.45, 2.75) is 0 Å².